The third-order valence-electron chi connectivity index (χ3n) is 2.55. The van der Waals surface area contributed by atoms with Crippen molar-refractivity contribution in [3.63, 3.8) is 0 Å². The first kappa shape index (κ1) is 14.1. The number of hydrogen-bond donors (Lipinski definition) is 1. The number of benzene rings is 1. The first-order valence-corrected chi connectivity index (χ1v) is 6.14. The van der Waals surface area contributed by atoms with Crippen LogP contribution in [-0.4, -0.2) is 24.2 Å². The minimum absolute atomic E-state index is 0.409. The van der Waals surface area contributed by atoms with Crippen molar-refractivity contribution in [3.8, 4) is 0 Å². The highest BCUT2D eigenvalue weighted by atomic mass is 35.5. The van der Waals surface area contributed by atoms with Gasteiger partial charge in [-0.25, -0.2) is 0 Å². The molecule has 1 aromatic carbocycles. The number of carbonyl (C=O) groups is 1. The Morgan fingerprint density at radius 2 is 2.12 bits per heavy atom. The van der Waals surface area contributed by atoms with Gasteiger partial charge >= 0.3 is 5.97 Å². The van der Waals surface area contributed by atoms with Crippen LogP contribution in [-0.2, 0) is 4.79 Å². The van der Waals surface area contributed by atoms with Gasteiger partial charge in [0.1, 0.15) is 0 Å². The van der Waals surface area contributed by atoms with E-state index in [4.69, 9.17) is 28.3 Å². The molecular formula is C12H15Cl2NO2. The number of carboxylic acids is 1. The predicted molar refractivity (Wildman–Crippen MR) is 71.1 cm³/mol. The van der Waals surface area contributed by atoms with E-state index < -0.39 is 11.9 Å². The summed E-state index contributed by atoms with van der Waals surface area (Å²) in [5.41, 5.74) is 0.773. The Balaban J connectivity index is 2.93. The normalized spacial score (nSPS) is 12.2. The lowest BCUT2D eigenvalue weighted by Crippen LogP contribution is -2.31. The van der Waals surface area contributed by atoms with Crippen LogP contribution in [0.1, 0.15) is 13.8 Å². The molecule has 0 fully saturated rings. The molecule has 0 saturated carbocycles. The van der Waals surface area contributed by atoms with Crippen molar-refractivity contribution in [2.24, 2.45) is 5.92 Å². The van der Waals surface area contributed by atoms with Gasteiger partial charge in [-0.2, -0.15) is 0 Å². The average Bonchev–Trinajstić information content (AvgIpc) is 2.29. The Bertz CT molecular complexity index is 409. The molecule has 1 aromatic rings. The first-order chi connectivity index (χ1) is 7.95. The van der Waals surface area contributed by atoms with Crippen LogP contribution < -0.4 is 4.90 Å². The third kappa shape index (κ3) is 3.79. The number of carboxylic acid groups (broad SMARTS) is 1. The van der Waals surface area contributed by atoms with E-state index >= 15 is 0 Å². The third-order valence-corrected chi connectivity index (χ3v) is 3.10. The summed E-state index contributed by atoms with van der Waals surface area (Å²) in [4.78, 5) is 12.8. The van der Waals surface area contributed by atoms with Crippen LogP contribution >= 0.6 is 23.2 Å². The van der Waals surface area contributed by atoms with Crippen molar-refractivity contribution >= 4 is 34.9 Å². The number of anilines is 1. The maximum absolute atomic E-state index is 10.8. The molecule has 1 N–H and O–H groups in total. The van der Waals surface area contributed by atoms with Gasteiger partial charge in [-0.05, 0) is 25.1 Å². The summed E-state index contributed by atoms with van der Waals surface area (Å²) < 4.78 is 0. The molecule has 1 atom stereocenters. The van der Waals surface area contributed by atoms with Crippen molar-refractivity contribution < 1.29 is 9.90 Å². The molecule has 0 saturated heterocycles. The van der Waals surface area contributed by atoms with Gasteiger partial charge in [-0.1, -0.05) is 30.1 Å². The Hall–Kier alpha value is -0.930. The second-order valence-electron chi connectivity index (χ2n) is 3.87. The van der Waals surface area contributed by atoms with Crippen molar-refractivity contribution in [2.75, 3.05) is 18.0 Å². The molecule has 0 heterocycles. The highest BCUT2D eigenvalue weighted by Gasteiger charge is 2.17. The van der Waals surface area contributed by atoms with Crippen LogP contribution in [0.2, 0.25) is 10.0 Å². The fourth-order valence-corrected chi connectivity index (χ4v) is 1.94. The Morgan fingerprint density at radius 3 is 2.65 bits per heavy atom. The fourth-order valence-electron chi connectivity index (χ4n) is 1.53. The molecule has 1 unspecified atom stereocenters. The standard InChI is InChI=1S/C12H15Cl2NO2/c1-3-15(7-8(2)12(16)17)11-6-9(13)4-5-10(11)14/h4-6,8H,3,7H2,1-2H3,(H,16,17). The number of nitrogens with zero attached hydrogens (tertiary/aromatic N) is 1. The minimum Gasteiger partial charge on any atom is -0.481 e. The maximum atomic E-state index is 10.8. The Labute approximate surface area is 111 Å². The summed E-state index contributed by atoms with van der Waals surface area (Å²) >= 11 is 12.0. The second-order valence-corrected chi connectivity index (χ2v) is 4.72. The lowest BCUT2D eigenvalue weighted by molar-refractivity contribution is -0.140. The predicted octanol–water partition coefficient (Wildman–Crippen LogP) is 3.54. The van der Waals surface area contributed by atoms with Crippen molar-refractivity contribution in [1.82, 2.24) is 0 Å². The van der Waals surface area contributed by atoms with E-state index in [0.717, 1.165) is 5.69 Å². The molecule has 0 radical (unpaired) electrons. The van der Waals surface area contributed by atoms with E-state index in [1.165, 1.54) is 0 Å². The zero-order chi connectivity index (χ0) is 13.0. The van der Waals surface area contributed by atoms with E-state index in [-0.39, 0.29) is 0 Å². The van der Waals surface area contributed by atoms with Crippen molar-refractivity contribution in [3.05, 3.63) is 28.2 Å². The van der Waals surface area contributed by atoms with Gasteiger partial charge in [0.05, 0.1) is 16.6 Å². The highest BCUT2D eigenvalue weighted by Crippen LogP contribution is 2.29. The molecule has 1 rings (SSSR count). The summed E-state index contributed by atoms with van der Waals surface area (Å²) in [6, 6.07) is 5.18. The van der Waals surface area contributed by atoms with Crippen LogP contribution in [0.25, 0.3) is 0 Å². The Kier molecular flexibility index (Phi) is 5.09. The van der Waals surface area contributed by atoms with Gasteiger partial charge in [0.15, 0.2) is 0 Å². The largest absolute Gasteiger partial charge is 0.481 e. The maximum Gasteiger partial charge on any atom is 0.308 e. The van der Waals surface area contributed by atoms with Gasteiger partial charge < -0.3 is 10.0 Å². The molecule has 0 aliphatic carbocycles. The molecule has 0 aliphatic heterocycles. The minimum atomic E-state index is -0.818. The van der Waals surface area contributed by atoms with Crippen molar-refractivity contribution in [2.45, 2.75) is 13.8 Å². The number of hydrogen-bond acceptors (Lipinski definition) is 2. The molecule has 17 heavy (non-hydrogen) atoms. The molecule has 94 valence electrons. The summed E-state index contributed by atoms with van der Waals surface area (Å²) in [5, 5.41) is 10.1. The summed E-state index contributed by atoms with van der Waals surface area (Å²) in [7, 11) is 0. The van der Waals surface area contributed by atoms with E-state index in [1.807, 2.05) is 11.8 Å². The summed E-state index contributed by atoms with van der Waals surface area (Å²) in [5.74, 6) is -1.27. The van der Waals surface area contributed by atoms with Crippen LogP contribution in [0.4, 0.5) is 5.69 Å². The molecule has 0 amide bonds. The molecule has 3 nitrogen and oxygen atoms in total. The van der Waals surface area contributed by atoms with Gasteiger partial charge in [-0.3, -0.25) is 4.79 Å². The van der Waals surface area contributed by atoms with Gasteiger partial charge in [0.2, 0.25) is 0 Å². The number of rotatable bonds is 5. The van der Waals surface area contributed by atoms with E-state index in [2.05, 4.69) is 0 Å². The number of halogens is 2. The van der Waals surface area contributed by atoms with Crippen LogP contribution in [0.3, 0.4) is 0 Å². The van der Waals surface area contributed by atoms with Crippen LogP contribution in [0.15, 0.2) is 18.2 Å². The molecule has 5 heteroatoms. The van der Waals surface area contributed by atoms with E-state index in [0.29, 0.717) is 23.1 Å². The number of aliphatic carboxylic acids is 1. The highest BCUT2D eigenvalue weighted by molar-refractivity contribution is 6.35. The molecule has 0 aromatic heterocycles. The summed E-state index contributed by atoms with van der Waals surface area (Å²) in [6.07, 6.45) is 0. The molecule has 0 bridgehead atoms. The lowest BCUT2D eigenvalue weighted by Gasteiger charge is -2.26. The van der Waals surface area contributed by atoms with Crippen LogP contribution in [0, 0.1) is 5.92 Å². The lowest BCUT2D eigenvalue weighted by atomic mass is 10.1. The molecule has 0 spiro atoms. The zero-order valence-corrected chi connectivity index (χ0v) is 11.3. The molecular weight excluding hydrogens is 261 g/mol. The van der Waals surface area contributed by atoms with Gasteiger partial charge in [-0.15, -0.1) is 0 Å². The van der Waals surface area contributed by atoms with Gasteiger partial charge in [0.25, 0.3) is 0 Å². The summed E-state index contributed by atoms with van der Waals surface area (Å²) in [6.45, 7) is 4.71. The second kappa shape index (κ2) is 6.12. The van der Waals surface area contributed by atoms with E-state index in [1.54, 1.807) is 25.1 Å². The van der Waals surface area contributed by atoms with E-state index in [9.17, 15) is 4.79 Å². The van der Waals surface area contributed by atoms with Crippen molar-refractivity contribution in [1.29, 1.82) is 0 Å². The Morgan fingerprint density at radius 1 is 1.47 bits per heavy atom. The first-order valence-electron chi connectivity index (χ1n) is 5.38. The van der Waals surface area contributed by atoms with Gasteiger partial charge in [0, 0.05) is 18.1 Å². The van der Waals surface area contributed by atoms with Crippen LogP contribution in [0.5, 0.6) is 0 Å². The molecule has 0 aliphatic rings. The monoisotopic (exact) mass is 275 g/mol. The topological polar surface area (TPSA) is 40.5 Å². The zero-order valence-electron chi connectivity index (χ0n) is 9.78. The average molecular weight is 276 g/mol. The SMILES string of the molecule is CCN(CC(C)C(=O)O)c1cc(Cl)ccc1Cl. The smallest absolute Gasteiger partial charge is 0.308 e. The quantitative estimate of drug-likeness (QED) is 0.894. The fraction of sp³-hybridized carbons (Fsp3) is 0.417.